The molecular formula is C18H11Cl2FN4. The summed E-state index contributed by atoms with van der Waals surface area (Å²) in [5.41, 5.74) is 4.90. The largest absolute Gasteiger partial charge is 0.256 e. The zero-order chi connectivity index (χ0) is 17.6. The lowest BCUT2D eigenvalue weighted by molar-refractivity contribution is 0.629. The molecule has 7 heteroatoms. The normalized spacial score (nSPS) is 11.2. The lowest BCUT2D eigenvalue weighted by Gasteiger charge is -2.12. The topological polar surface area (TPSA) is 43.1 Å². The molecule has 0 fully saturated rings. The Morgan fingerprint density at radius 2 is 1.80 bits per heavy atom. The van der Waals surface area contributed by atoms with Crippen molar-refractivity contribution in [2.75, 3.05) is 0 Å². The molecule has 0 N–H and O–H groups in total. The third-order valence-corrected chi connectivity index (χ3v) is 4.53. The Balaban J connectivity index is 1.96. The van der Waals surface area contributed by atoms with Gasteiger partial charge in [-0.1, -0.05) is 29.3 Å². The molecule has 4 aromatic rings. The van der Waals surface area contributed by atoms with Crippen LogP contribution >= 0.6 is 23.2 Å². The van der Waals surface area contributed by atoms with Crippen LogP contribution in [0.4, 0.5) is 4.39 Å². The molecule has 1 aromatic carbocycles. The van der Waals surface area contributed by atoms with Crippen molar-refractivity contribution in [2.45, 2.75) is 6.92 Å². The first-order valence-electron chi connectivity index (χ1n) is 7.45. The number of pyridine rings is 2. The summed E-state index contributed by atoms with van der Waals surface area (Å²) in [4.78, 5) is 8.65. The second kappa shape index (κ2) is 6.10. The minimum Gasteiger partial charge on any atom is -0.256 e. The molecular weight excluding hydrogens is 362 g/mol. The quantitative estimate of drug-likeness (QED) is 0.453. The SMILES string of the molecule is Cc1cc2ncnn2cc1-c1cccnc1-c1cc(Cl)c(F)c(Cl)c1. The van der Waals surface area contributed by atoms with Gasteiger partial charge in [-0.3, -0.25) is 4.98 Å². The number of hydrogen-bond acceptors (Lipinski definition) is 3. The van der Waals surface area contributed by atoms with Gasteiger partial charge in [0.25, 0.3) is 0 Å². The highest BCUT2D eigenvalue weighted by Crippen LogP contribution is 2.36. The Morgan fingerprint density at radius 3 is 2.56 bits per heavy atom. The number of aromatic nitrogens is 4. The Bertz CT molecular complexity index is 1080. The van der Waals surface area contributed by atoms with E-state index in [9.17, 15) is 4.39 Å². The van der Waals surface area contributed by atoms with Gasteiger partial charge in [-0.2, -0.15) is 5.10 Å². The van der Waals surface area contributed by atoms with Gasteiger partial charge in [0.2, 0.25) is 0 Å². The molecule has 0 unspecified atom stereocenters. The molecule has 0 bridgehead atoms. The number of fused-ring (bicyclic) bond motifs is 1. The Hall–Kier alpha value is -2.50. The molecule has 0 aliphatic carbocycles. The number of aryl methyl sites for hydroxylation is 1. The first kappa shape index (κ1) is 16.0. The first-order valence-corrected chi connectivity index (χ1v) is 8.20. The molecule has 0 spiro atoms. The van der Waals surface area contributed by atoms with E-state index in [1.165, 1.54) is 18.5 Å². The van der Waals surface area contributed by atoms with Crippen LogP contribution in [0.5, 0.6) is 0 Å². The maximum absolute atomic E-state index is 13.8. The van der Waals surface area contributed by atoms with E-state index in [1.54, 1.807) is 10.7 Å². The fourth-order valence-corrected chi connectivity index (χ4v) is 3.27. The number of rotatable bonds is 2. The van der Waals surface area contributed by atoms with Gasteiger partial charge in [-0.05, 0) is 36.8 Å². The Labute approximate surface area is 152 Å². The maximum Gasteiger partial charge on any atom is 0.160 e. The highest BCUT2D eigenvalue weighted by molar-refractivity contribution is 6.35. The van der Waals surface area contributed by atoms with Gasteiger partial charge in [-0.25, -0.2) is 13.9 Å². The minimum absolute atomic E-state index is 0.0393. The lowest BCUT2D eigenvalue weighted by atomic mass is 9.97. The van der Waals surface area contributed by atoms with Gasteiger partial charge in [0.05, 0.1) is 15.7 Å². The summed E-state index contributed by atoms with van der Waals surface area (Å²) in [7, 11) is 0. The predicted octanol–water partition coefficient (Wildman–Crippen LogP) is 5.21. The molecule has 0 aliphatic rings. The van der Waals surface area contributed by atoms with Crippen LogP contribution in [0.2, 0.25) is 10.0 Å². The van der Waals surface area contributed by atoms with Crippen LogP contribution in [0.3, 0.4) is 0 Å². The second-order valence-corrected chi connectivity index (χ2v) is 6.40. The molecule has 4 nitrogen and oxygen atoms in total. The molecule has 124 valence electrons. The van der Waals surface area contributed by atoms with Gasteiger partial charge >= 0.3 is 0 Å². The van der Waals surface area contributed by atoms with Crippen molar-refractivity contribution in [2.24, 2.45) is 0 Å². The molecule has 0 amide bonds. The molecule has 0 atom stereocenters. The third kappa shape index (κ3) is 2.75. The van der Waals surface area contributed by atoms with Crippen LogP contribution in [0, 0.1) is 12.7 Å². The fourth-order valence-electron chi connectivity index (χ4n) is 2.78. The molecule has 0 radical (unpaired) electrons. The van der Waals surface area contributed by atoms with Gasteiger partial charge in [0.15, 0.2) is 11.5 Å². The van der Waals surface area contributed by atoms with E-state index in [1.807, 2.05) is 31.3 Å². The van der Waals surface area contributed by atoms with Crippen LogP contribution in [0.25, 0.3) is 28.0 Å². The molecule has 0 saturated heterocycles. The zero-order valence-electron chi connectivity index (χ0n) is 13.0. The summed E-state index contributed by atoms with van der Waals surface area (Å²) in [6.07, 6.45) is 5.07. The van der Waals surface area contributed by atoms with Gasteiger partial charge < -0.3 is 0 Å². The Kier molecular flexibility index (Phi) is 3.90. The molecule has 25 heavy (non-hydrogen) atoms. The number of halogens is 3. The van der Waals surface area contributed by atoms with Crippen molar-refractivity contribution < 1.29 is 4.39 Å². The van der Waals surface area contributed by atoms with Crippen molar-refractivity contribution >= 4 is 28.8 Å². The minimum atomic E-state index is -0.634. The van der Waals surface area contributed by atoms with E-state index in [-0.39, 0.29) is 10.0 Å². The van der Waals surface area contributed by atoms with E-state index >= 15 is 0 Å². The fraction of sp³-hybridized carbons (Fsp3) is 0.0556. The van der Waals surface area contributed by atoms with Crippen LogP contribution in [0.1, 0.15) is 5.56 Å². The standard InChI is InChI=1S/C18H11Cl2FN4/c1-10-5-16-23-9-24-25(16)8-13(10)12-3-2-4-22-18(12)11-6-14(19)17(21)15(20)7-11/h2-9H,1H3. The molecule has 3 aromatic heterocycles. The highest BCUT2D eigenvalue weighted by atomic mass is 35.5. The number of hydrogen-bond donors (Lipinski definition) is 0. The first-order chi connectivity index (χ1) is 12.0. The molecule has 3 heterocycles. The van der Waals surface area contributed by atoms with E-state index in [2.05, 4.69) is 15.1 Å². The molecule has 0 aliphatic heterocycles. The van der Waals surface area contributed by atoms with Crippen LogP contribution < -0.4 is 0 Å². The number of benzene rings is 1. The van der Waals surface area contributed by atoms with Crippen LogP contribution in [0.15, 0.2) is 49.1 Å². The number of nitrogens with zero attached hydrogens (tertiary/aromatic N) is 4. The summed E-state index contributed by atoms with van der Waals surface area (Å²) in [5, 5.41) is 4.10. The van der Waals surface area contributed by atoms with Gasteiger partial charge in [0.1, 0.15) is 6.33 Å². The van der Waals surface area contributed by atoms with Gasteiger partial charge in [-0.15, -0.1) is 0 Å². The van der Waals surface area contributed by atoms with E-state index in [4.69, 9.17) is 23.2 Å². The highest BCUT2D eigenvalue weighted by Gasteiger charge is 2.15. The predicted molar refractivity (Wildman–Crippen MR) is 96.4 cm³/mol. The average Bonchev–Trinajstić information content (AvgIpc) is 3.05. The summed E-state index contributed by atoms with van der Waals surface area (Å²) in [6, 6.07) is 8.79. The maximum atomic E-state index is 13.8. The van der Waals surface area contributed by atoms with Gasteiger partial charge in [0, 0.05) is 29.1 Å². The zero-order valence-corrected chi connectivity index (χ0v) is 14.6. The van der Waals surface area contributed by atoms with E-state index in [0.717, 1.165) is 22.3 Å². The third-order valence-electron chi connectivity index (χ3n) is 3.98. The van der Waals surface area contributed by atoms with Crippen molar-refractivity contribution in [3.63, 3.8) is 0 Å². The summed E-state index contributed by atoms with van der Waals surface area (Å²) in [5.74, 6) is -0.634. The Morgan fingerprint density at radius 1 is 1.04 bits per heavy atom. The van der Waals surface area contributed by atoms with E-state index in [0.29, 0.717) is 11.3 Å². The smallest absolute Gasteiger partial charge is 0.160 e. The summed E-state index contributed by atoms with van der Waals surface area (Å²) in [6.45, 7) is 1.99. The average molecular weight is 373 g/mol. The second-order valence-electron chi connectivity index (χ2n) is 5.59. The van der Waals surface area contributed by atoms with Crippen molar-refractivity contribution in [3.8, 4) is 22.4 Å². The van der Waals surface area contributed by atoms with Crippen molar-refractivity contribution in [1.29, 1.82) is 0 Å². The summed E-state index contributed by atoms with van der Waals surface area (Å²) >= 11 is 11.9. The van der Waals surface area contributed by atoms with Crippen LogP contribution in [-0.2, 0) is 0 Å². The molecule has 4 rings (SSSR count). The monoisotopic (exact) mass is 372 g/mol. The lowest BCUT2D eigenvalue weighted by Crippen LogP contribution is -1.96. The molecule has 0 saturated carbocycles. The van der Waals surface area contributed by atoms with Crippen LogP contribution in [-0.4, -0.2) is 19.6 Å². The van der Waals surface area contributed by atoms with Crippen molar-refractivity contribution in [3.05, 3.63) is 70.5 Å². The van der Waals surface area contributed by atoms with E-state index < -0.39 is 5.82 Å². The van der Waals surface area contributed by atoms with Crippen molar-refractivity contribution in [1.82, 2.24) is 19.6 Å². The summed E-state index contributed by atoms with van der Waals surface area (Å²) < 4.78 is 15.4.